The third kappa shape index (κ3) is 5.39. The third-order valence-corrected chi connectivity index (χ3v) is 5.70. The van der Waals surface area contributed by atoms with Crippen LogP contribution in [0.25, 0.3) is 0 Å². The molecule has 26 heavy (non-hydrogen) atoms. The van der Waals surface area contributed by atoms with Gasteiger partial charge >= 0.3 is 6.18 Å². The van der Waals surface area contributed by atoms with Crippen LogP contribution in [0.2, 0.25) is 0 Å². The van der Waals surface area contributed by atoms with E-state index < -0.39 is 39.4 Å². The highest BCUT2D eigenvalue weighted by atomic mass is 32.2. The summed E-state index contributed by atoms with van der Waals surface area (Å²) in [5, 5.41) is 0. The monoisotopic (exact) mass is 398 g/mol. The molecular weight excluding hydrogens is 380 g/mol. The lowest BCUT2D eigenvalue weighted by Gasteiger charge is -2.34. The van der Waals surface area contributed by atoms with Crippen LogP contribution in [-0.2, 0) is 19.6 Å². The number of sulfonamides is 1. The number of benzene rings is 1. The number of rotatable bonds is 6. The first-order valence-corrected chi connectivity index (χ1v) is 9.22. The van der Waals surface area contributed by atoms with E-state index in [1.807, 2.05) is 0 Å². The van der Waals surface area contributed by atoms with Gasteiger partial charge in [0.05, 0.1) is 13.0 Å². The van der Waals surface area contributed by atoms with Crippen molar-refractivity contribution in [2.45, 2.75) is 17.5 Å². The maximum Gasteiger partial charge on any atom is 0.411 e. The van der Waals surface area contributed by atoms with Gasteiger partial charge in [-0.1, -0.05) is 12.1 Å². The van der Waals surface area contributed by atoms with Crippen molar-refractivity contribution in [3.8, 4) is 0 Å². The number of ether oxygens (including phenoxy) is 1. The molecule has 0 radical (unpaired) electrons. The number of amides is 1. The Balaban J connectivity index is 1.85. The highest BCUT2D eigenvalue weighted by Crippen LogP contribution is 2.20. The molecule has 6 nitrogen and oxygen atoms in total. The first-order valence-electron chi connectivity index (χ1n) is 7.78. The van der Waals surface area contributed by atoms with Crippen LogP contribution in [0.15, 0.2) is 29.2 Å². The number of piperazine rings is 1. The van der Waals surface area contributed by atoms with E-state index in [4.69, 9.17) is 0 Å². The average Bonchev–Trinajstić information content (AvgIpc) is 2.58. The molecule has 0 aromatic heterocycles. The lowest BCUT2D eigenvalue weighted by Crippen LogP contribution is -2.50. The fourth-order valence-corrected chi connectivity index (χ4v) is 3.96. The number of carbonyl (C=O) groups excluding carboxylic acids is 1. The minimum atomic E-state index is -4.45. The molecule has 0 unspecified atom stereocenters. The molecule has 0 spiro atoms. The second-order valence-electron chi connectivity index (χ2n) is 5.63. The molecule has 1 fully saturated rings. The first-order chi connectivity index (χ1) is 12.1. The van der Waals surface area contributed by atoms with Gasteiger partial charge in [-0.15, -0.1) is 0 Å². The van der Waals surface area contributed by atoms with Crippen molar-refractivity contribution < 1.29 is 35.5 Å². The molecule has 0 atom stereocenters. The second kappa shape index (κ2) is 8.31. The van der Waals surface area contributed by atoms with Crippen molar-refractivity contribution in [3.05, 3.63) is 30.1 Å². The number of halogens is 4. The average molecular weight is 398 g/mol. The maximum atomic E-state index is 13.7. The summed E-state index contributed by atoms with van der Waals surface area (Å²) >= 11 is 0. The van der Waals surface area contributed by atoms with Gasteiger partial charge in [-0.25, -0.2) is 12.8 Å². The van der Waals surface area contributed by atoms with Gasteiger partial charge in [0.2, 0.25) is 15.9 Å². The van der Waals surface area contributed by atoms with E-state index in [0.717, 1.165) is 10.4 Å². The molecule has 0 bridgehead atoms. The SMILES string of the molecule is O=C(CCOCC(F)(F)F)N1CCN(S(=O)(=O)c2ccccc2F)CC1. The predicted octanol–water partition coefficient (Wildman–Crippen LogP) is 1.63. The van der Waals surface area contributed by atoms with Crippen LogP contribution < -0.4 is 0 Å². The number of alkyl halides is 3. The lowest BCUT2D eigenvalue weighted by atomic mass is 10.3. The Bertz CT molecular complexity index is 731. The molecule has 2 rings (SSSR count). The molecule has 1 aliphatic heterocycles. The van der Waals surface area contributed by atoms with Gasteiger partial charge in [-0.2, -0.15) is 17.5 Å². The smallest absolute Gasteiger partial charge is 0.372 e. The minimum absolute atomic E-state index is 0.0220. The molecular formula is C15H18F4N2O4S. The van der Waals surface area contributed by atoms with E-state index >= 15 is 0 Å². The van der Waals surface area contributed by atoms with Crippen molar-refractivity contribution in [3.63, 3.8) is 0 Å². The minimum Gasteiger partial charge on any atom is -0.372 e. The van der Waals surface area contributed by atoms with Crippen LogP contribution >= 0.6 is 0 Å². The molecule has 1 amide bonds. The maximum absolute atomic E-state index is 13.7. The third-order valence-electron chi connectivity index (χ3n) is 3.77. The van der Waals surface area contributed by atoms with Crippen molar-refractivity contribution in [2.24, 2.45) is 0 Å². The number of nitrogens with zero attached hydrogens (tertiary/aromatic N) is 2. The Morgan fingerprint density at radius 3 is 2.31 bits per heavy atom. The summed E-state index contributed by atoms with van der Waals surface area (Å²) in [5.74, 6) is -1.28. The van der Waals surface area contributed by atoms with Crippen LogP contribution in [0.3, 0.4) is 0 Å². The Hall–Kier alpha value is -1.72. The summed E-state index contributed by atoms with van der Waals surface area (Å²) in [4.78, 5) is 12.9. The van der Waals surface area contributed by atoms with E-state index in [1.165, 1.54) is 23.1 Å². The molecule has 1 aliphatic rings. The van der Waals surface area contributed by atoms with E-state index in [2.05, 4.69) is 4.74 Å². The second-order valence-corrected chi connectivity index (χ2v) is 7.54. The Morgan fingerprint density at radius 2 is 1.73 bits per heavy atom. The van der Waals surface area contributed by atoms with Gasteiger partial charge in [0, 0.05) is 26.2 Å². The standard InChI is InChI=1S/C15H18F4N2O4S/c16-12-3-1-2-4-13(12)26(23,24)21-8-6-20(7-9-21)14(22)5-10-25-11-15(17,18)19/h1-4H,5-11H2. The molecule has 1 aromatic carbocycles. The summed E-state index contributed by atoms with van der Waals surface area (Å²) in [6, 6.07) is 5.01. The number of hydrogen-bond donors (Lipinski definition) is 0. The molecule has 1 heterocycles. The number of hydrogen-bond acceptors (Lipinski definition) is 4. The fraction of sp³-hybridized carbons (Fsp3) is 0.533. The predicted molar refractivity (Wildman–Crippen MR) is 83.2 cm³/mol. The van der Waals surface area contributed by atoms with E-state index in [-0.39, 0.29) is 39.2 Å². The van der Waals surface area contributed by atoms with Crippen LogP contribution in [-0.4, -0.2) is 69.1 Å². The molecule has 11 heteroatoms. The van der Waals surface area contributed by atoms with Gasteiger partial charge in [-0.3, -0.25) is 4.79 Å². The molecule has 1 saturated heterocycles. The highest BCUT2D eigenvalue weighted by Gasteiger charge is 2.32. The van der Waals surface area contributed by atoms with E-state index in [1.54, 1.807) is 0 Å². The summed E-state index contributed by atoms with van der Waals surface area (Å²) in [6.07, 6.45) is -4.67. The summed E-state index contributed by atoms with van der Waals surface area (Å²) in [5.41, 5.74) is 0. The Morgan fingerprint density at radius 1 is 1.12 bits per heavy atom. The van der Waals surface area contributed by atoms with Crippen LogP contribution in [0.1, 0.15) is 6.42 Å². The van der Waals surface area contributed by atoms with E-state index in [9.17, 15) is 30.8 Å². The zero-order valence-corrected chi connectivity index (χ0v) is 14.5. The summed E-state index contributed by atoms with van der Waals surface area (Å²) in [7, 11) is -4.01. The highest BCUT2D eigenvalue weighted by molar-refractivity contribution is 7.89. The quantitative estimate of drug-likeness (QED) is 0.540. The van der Waals surface area contributed by atoms with Crippen LogP contribution in [0, 0.1) is 5.82 Å². The largest absolute Gasteiger partial charge is 0.411 e. The van der Waals surface area contributed by atoms with E-state index in [0.29, 0.717) is 0 Å². The van der Waals surface area contributed by atoms with Crippen molar-refractivity contribution >= 4 is 15.9 Å². The van der Waals surface area contributed by atoms with Gasteiger partial charge < -0.3 is 9.64 Å². The zero-order chi connectivity index (χ0) is 19.4. The first kappa shape index (κ1) is 20.6. The van der Waals surface area contributed by atoms with Crippen LogP contribution in [0.4, 0.5) is 17.6 Å². The fourth-order valence-electron chi connectivity index (χ4n) is 2.48. The normalized spacial score (nSPS) is 16.7. The lowest BCUT2D eigenvalue weighted by molar-refractivity contribution is -0.175. The molecule has 0 aliphatic carbocycles. The van der Waals surface area contributed by atoms with Crippen LogP contribution in [0.5, 0.6) is 0 Å². The van der Waals surface area contributed by atoms with Gasteiger partial charge in [0.25, 0.3) is 0 Å². The molecule has 0 N–H and O–H groups in total. The zero-order valence-electron chi connectivity index (χ0n) is 13.7. The van der Waals surface area contributed by atoms with Gasteiger partial charge in [0.15, 0.2) is 0 Å². The van der Waals surface area contributed by atoms with Crippen molar-refractivity contribution in [2.75, 3.05) is 39.4 Å². The molecule has 0 saturated carbocycles. The summed E-state index contributed by atoms with van der Waals surface area (Å²) < 4.78 is 79.9. The van der Waals surface area contributed by atoms with Crippen molar-refractivity contribution in [1.29, 1.82) is 0 Å². The van der Waals surface area contributed by atoms with Crippen molar-refractivity contribution in [1.82, 2.24) is 9.21 Å². The Kier molecular flexibility index (Phi) is 6.58. The Labute approximate surface area is 148 Å². The summed E-state index contributed by atoms with van der Waals surface area (Å²) in [6.45, 7) is -1.68. The molecule has 146 valence electrons. The van der Waals surface area contributed by atoms with Gasteiger partial charge in [0.1, 0.15) is 17.3 Å². The number of carbonyl (C=O) groups is 1. The van der Waals surface area contributed by atoms with Gasteiger partial charge in [-0.05, 0) is 12.1 Å². The topological polar surface area (TPSA) is 66.9 Å². The molecule has 1 aromatic rings.